The third kappa shape index (κ3) is 2.62. The Morgan fingerprint density at radius 2 is 2.10 bits per heavy atom. The number of nitrogens with zero attached hydrogens (tertiary/aromatic N) is 2. The van der Waals surface area contributed by atoms with Gasteiger partial charge in [0.2, 0.25) is 5.91 Å². The van der Waals surface area contributed by atoms with Crippen molar-refractivity contribution in [2.45, 2.75) is 25.3 Å². The number of hydrogen-bond acceptors (Lipinski definition) is 5. The van der Waals surface area contributed by atoms with Crippen molar-refractivity contribution in [1.82, 2.24) is 4.98 Å². The second kappa shape index (κ2) is 5.03. The molecule has 2 heterocycles. The lowest BCUT2D eigenvalue weighted by molar-refractivity contribution is -0.118. The molecule has 1 amide bonds. The van der Waals surface area contributed by atoms with Gasteiger partial charge in [-0.15, -0.1) is 0 Å². The van der Waals surface area contributed by atoms with Gasteiger partial charge in [-0.3, -0.25) is 4.79 Å². The minimum atomic E-state index is -0.657. The molecule has 0 radical (unpaired) electrons. The first-order valence-electron chi connectivity index (χ1n) is 6.99. The highest BCUT2D eigenvalue weighted by atomic mass is 16.5. The Kier molecular flexibility index (Phi) is 3.35. The van der Waals surface area contributed by atoms with E-state index >= 15 is 0 Å². The zero-order valence-corrected chi connectivity index (χ0v) is 11.7. The second-order valence-corrected chi connectivity index (χ2v) is 5.51. The molecule has 0 atom stereocenters. The molecule has 1 aromatic heterocycles. The highest BCUT2D eigenvalue weighted by molar-refractivity contribution is 6.00. The van der Waals surface area contributed by atoms with Crippen LogP contribution in [0.5, 0.6) is 0 Å². The van der Waals surface area contributed by atoms with Crippen molar-refractivity contribution < 1.29 is 9.53 Å². The number of nitrogens with two attached hydrogens (primary N) is 1. The minimum absolute atomic E-state index is 0.110. The number of amides is 1. The first-order valence-corrected chi connectivity index (χ1v) is 6.99. The van der Waals surface area contributed by atoms with Crippen LogP contribution in [0.3, 0.4) is 0 Å². The lowest BCUT2D eigenvalue weighted by Crippen LogP contribution is -2.38. The van der Waals surface area contributed by atoms with Crippen LogP contribution in [0, 0.1) is 6.92 Å². The molecule has 1 aliphatic heterocycles. The molecule has 108 valence electrons. The van der Waals surface area contributed by atoms with E-state index in [1.807, 2.05) is 19.1 Å². The van der Waals surface area contributed by atoms with Gasteiger partial charge in [-0.05, 0) is 31.9 Å². The van der Waals surface area contributed by atoms with E-state index in [0.29, 0.717) is 0 Å². The standard InChI is InChI=1S/C14H20N4O2/c1-10-11(17-13(19)14(15)4-5-14)2-3-12(16-10)18-6-8-20-9-7-18/h2-3H,4-9,15H2,1H3,(H,17,19). The largest absolute Gasteiger partial charge is 0.378 e. The van der Waals surface area contributed by atoms with Gasteiger partial charge >= 0.3 is 0 Å². The molecule has 0 aromatic carbocycles. The molecule has 1 saturated heterocycles. The number of anilines is 2. The molecule has 1 aromatic rings. The molecular weight excluding hydrogens is 256 g/mol. The number of pyridine rings is 1. The maximum atomic E-state index is 11.9. The molecule has 0 unspecified atom stereocenters. The Hall–Kier alpha value is -1.66. The Balaban J connectivity index is 1.72. The Bertz CT molecular complexity index is 522. The van der Waals surface area contributed by atoms with Crippen LogP contribution in [0.2, 0.25) is 0 Å². The van der Waals surface area contributed by atoms with Crippen LogP contribution < -0.4 is 16.0 Å². The summed E-state index contributed by atoms with van der Waals surface area (Å²) in [6, 6.07) is 3.83. The minimum Gasteiger partial charge on any atom is -0.378 e. The van der Waals surface area contributed by atoms with Gasteiger partial charge in [-0.2, -0.15) is 0 Å². The van der Waals surface area contributed by atoms with Crippen LogP contribution >= 0.6 is 0 Å². The molecule has 0 spiro atoms. The van der Waals surface area contributed by atoms with E-state index in [2.05, 4.69) is 15.2 Å². The van der Waals surface area contributed by atoms with Crippen LogP contribution in [-0.2, 0) is 9.53 Å². The van der Waals surface area contributed by atoms with E-state index < -0.39 is 5.54 Å². The van der Waals surface area contributed by atoms with Crippen molar-refractivity contribution >= 4 is 17.4 Å². The van der Waals surface area contributed by atoms with Crippen molar-refractivity contribution in [2.24, 2.45) is 5.73 Å². The summed E-state index contributed by atoms with van der Waals surface area (Å²) in [7, 11) is 0. The normalized spacial score (nSPS) is 20.6. The van der Waals surface area contributed by atoms with E-state index in [1.165, 1.54) is 0 Å². The number of morpholine rings is 1. The number of ether oxygens (including phenoxy) is 1. The molecule has 2 fully saturated rings. The third-order valence-electron chi connectivity index (χ3n) is 3.90. The zero-order chi connectivity index (χ0) is 14.2. The van der Waals surface area contributed by atoms with E-state index in [9.17, 15) is 4.79 Å². The second-order valence-electron chi connectivity index (χ2n) is 5.51. The predicted octanol–water partition coefficient (Wildman–Crippen LogP) is 0.656. The van der Waals surface area contributed by atoms with Crippen LogP contribution in [0.4, 0.5) is 11.5 Å². The summed E-state index contributed by atoms with van der Waals surface area (Å²) in [5.74, 6) is 0.819. The molecule has 1 saturated carbocycles. The van der Waals surface area contributed by atoms with Gasteiger partial charge in [0.25, 0.3) is 0 Å². The fourth-order valence-electron chi connectivity index (χ4n) is 2.26. The molecule has 3 N–H and O–H groups in total. The van der Waals surface area contributed by atoms with E-state index in [1.54, 1.807) is 0 Å². The van der Waals surface area contributed by atoms with E-state index in [-0.39, 0.29) is 5.91 Å². The summed E-state index contributed by atoms with van der Waals surface area (Å²) >= 11 is 0. The first-order chi connectivity index (χ1) is 9.58. The van der Waals surface area contributed by atoms with E-state index in [4.69, 9.17) is 10.5 Å². The van der Waals surface area contributed by atoms with Gasteiger partial charge < -0.3 is 20.7 Å². The molecule has 2 aliphatic rings. The summed E-state index contributed by atoms with van der Waals surface area (Å²) in [5.41, 5.74) is 6.77. The number of hydrogen-bond donors (Lipinski definition) is 2. The average molecular weight is 276 g/mol. The fraction of sp³-hybridized carbons (Fsp3) is 0.571. The van der Waals surface area contributed by atoms with Crippen LogP contribution in [0.15, 0.2) is 12.1 Å². The molecule has 3 rings (SSSR count). The summed E-state index contributed by atoms with van der Waals surface area (Å²) in [6.07, 6.45) is 1.52. The molecular formula is C14H20N4O2. The monoisotopic (exact) mass is 276 g/mol. The summed E-state index contributed by atoms with van der Waals surface area (Å²) in [4.78, 5) is 18.7. The van der Waals surface area contributed by atoms with E-state index in [0.717, 1.165) is 56.3 Å². The van der Waals surface area contributed by atoms with Crippen molar-refractivity contribution in [1.29, 1.82) is 0 Å². The van der Waals surface area contributed by atoms with Crippen molar-refractivity contribution in [2.75, 3.05) is 36.5 Å². The first kappa shape index (κ1) is 13.3. The SMILES string of the molecule is Cc1nc(N2CCOCC2)ccc1NC(=O)C1(N)CC1. The highest BCUT2D eigenvalue weighted by Gasteiger charge is 2.46. The molecule has 20 heavy (non-hydrogen) atoms. The van der Waals surface area contributed by atoms with Crippen LogP contribution in [0.1, 0.15) is 18.5 Å². The number of aromatic nitrogens is 1. The van der Waals surface area contributed by atoms with Crippen molar-refractivity contribution in [3.8, 4) is 0 Å². The molecule has 6 heteroatoms. The van der Waals surface area contributed by atoms with Gasteiger partial charge in [-0.25, -0.2) is 4.98 Å². The number of nitrogens with one attached hydrogen (secondary N) is 1. The molecule has 0 bridgehead atoms. The Morgan fingerprint density at radius 3 is 2.70 bits per heavy atom. The topological polar surface area (TPSA) is 80.5 Å². The van der Waals surface area contributed by atoms with Crippen LogP contribution in [0.25, 0.3) is 0 Å². The fourth-order valence-corrected chi connectivity index (χ4v) is 2.26. The predicted molar refractivity (Wildman–Crippen MR) is 76.8 cm³/mol. The van der Waals surface area contributed by atoms with Crippen molar-refractivity contribution in [3.63, 3.8) is 0 Å². The smallest absolute Gasteiger partial charge is 0.244 e. The Labute approximate surface area is 118 Å². The summed E-state index contributed by atoms with van der Waals surface area (Å²) in [6.45, 7) is 5.06. The van der Waals surface area contributed by atoms with Gasteiger partial charge in [0.05, 0.1) is 30.1 Å². The lowest BCUT2D eigenvalue weighted by Gasteiger charge is -2.28. The van der Waals surface area contributed by atoms with Crippen LogP contribution in [-0.4, -0.2) is 42.7 Å². The third-order valence-corrected chi connectivity index (χ3v) is 3.90. The molecule has 6 nitrogen and oxygen atoms in total. The number of carbonyl (C=O) groups is 1. The van der Waals surface area contributed by atoms with Crippen molar-refractivity contribution in [3.05, 3.63) is 17.8 Å². The summed E-state index contributed by atoms with van der Waals surface area (Å²) in [5, 5.41) is 2.87. The Morgan fingerprint density at radius 1 is 1.40 bits per heavy atom. The van der Waals surface area contributed by atoms with Gasteiger partial charge in [0.1, 0.15) is 5.82 Å². The maximum absolute atomic E-state index is 11.9. The highest BCUT2D eigenvalue weighted by Crippen LogP contribution is 2.33. The van der Waals surface area contributed by atoms with Gasteiger partial charge in [0.15, 0.2) is 0 Å². The number of carbonyl (C=O) groups excluding carboxylic acids is 1. The number of rotatable bonds is 3. The molecule has 1 aliphatic carbocycles. The number of aryl methyl sites for hydroxylation is 1. The quantitative estimate of drug-likeness (QED) is 0.847. The maximum Gasteiger partial charge on any atom is 0.244 e. The van der Waals surface area contributed by atoms with Gasteiger partial charge in [0, 0.05) is 13.1 Å². The summed E-state index contributed by atoms with van der Waals surface area (Å²) < 4.78 is 5.33. The average Bonchev–Trinajstić information content (AvgIpc) is 3.21. The zero-order valence-electron chi connectivity index (χ0n) is 11.7. The lowest BCUT2D eigenvalue weighted by atomic mass is 10.2. The van der Waals surface area contributed by atoms with Gasteiger partial charge in [-0.1, -0.05) is 0 Å².